The lowest BCUT2D eigenvalue weighted by Crippen LogP contribution is -2.16. The lowest BCUT2D eigenvalue weighted by Gasteiger charge is -2.11. The third-order valence-corrected chi connectivity index (χ3v) is 3.89. The summed E-state index contributed by atoms with van der Waals surface area (Å²) in [5.74, 6) is -1.59. The number of rotatable bonds is 6. The fourth-order valence-electron chi connectivity index (χ4n) is 2.48. The van der Waals surface area contributed by atoms with Crippen molar-refractivity contribution in [3.63, 3.8) is 0 Å². The quantitative estimate of drug-likeness (QED) is 0.856. The molecule has 0 bridgehead atoms. The summed E-state index contributed by atoms with van der Waals surface area (Å²) in [7, 11) is 0. The van der Waals surface area contributed by atoms with Crippen molar-refractivity contribution in [1.82, 2.24) is 0 Å². The van der Waals surface area contributed by atoms with Gasteiger partial charge in [-0.25, -0.2) is 0 Å². The molecule has 0 aromatic heterocycles. The van der Waals surface area contributed by atoms with Crippen LogP contribution < -0.4 is 5.32 Å². The van der Waals surface area contributed by atoms with Crippen LogP contribution in [0.1, 0.15) is 36.5 Å². The summed E-state index contributed by atoms with van der Waals surface area (Å²) in [6.07, 6.45) is 1.19. The van der Waals surface area contributed by atoms with Crippen molar-refractivity contribution in [2.45, 2.75) is 32.6 Å². The Kier molecular flexibility index (Phi) is 5.52. The second kappa shape index (κ2) is 7.58. The fraction of sp³-hybridized carbons (Fsp3) is 0.263. The van der Waals surface area contributed by atoms with E-state index in [0.717, 1.165) is 17.5 Å². The van der Waals surface area contributed by atoms with Gasteiger partial charge in [0.15, 0.2) is 0 Å². The Labute approximate surface area is 136 Å². The molecule has 0 saturated heterocycles. The summed E-state index contributed by atoms with van der Waals surface area (Å²) in [5, 5.41) is 11.9. The van der Waals surface area contributed by atoms with Crippen molar-refractivity contribution in [3.05, 3.63) is 65.2 Å². The smallest absolute Gasteiger partial charge is 0.310 e. The third-order valence-electron chi connectivity index (χ3n) is 3.89. The van der Waals surface area contributed by atoms with Crippen molar-refractivity contribution in [2.75, 3.05) is 5.32 Å². The Balaban J connectivity index is 2.08. The van der Waals surface area contributed by atoms with E-state index in [4.69, 9.17) is 5.11 Å². The first kappa shape index (κ1) is 16.7. The van der Waals surface area contributed by atoms with Gasteiger partial charge in [0.05, 0.1) is 12.3 Å². The highest BCUT2D eigenvalue weighted by Gasteiger charge is 2.14. The highest BCUT2D eigenvalue weighted by molar-refractivity contribution is 5.92. The summed E-state index contributed by atoms with van der Waals surface area (Å²) in [6, 6.07) is 14.9. The predicted molar refractivity (Wildman–Crippen MR) is 90.6 cm³/mol. The molecule has 0 fully saturated rings. The predicted octanol–water partition coefficient (Wildman–Crippen LogP) is 3.62. The molecular formula is C19H21NO3. The molecule has 0 aliphatic heterocycles. The van der Waals surface area contributed by atoms with E-state index in [9.17, 15) is 9.59 Å². The number of hydrogen-bond acceptors (Lipinski definition) is 2. The zero-order valence-corrected chi connectivity index (χ0v) is 13.4. The van der Waals surface area contributed by atoms with Gasteiger partial charge in [0.25, 0.3) is 0 Å². The number of hydrogen-bond donors (Lipinski definition) is 2. The Hall–Kier alpha value is -2.62. The first-order valence-corrected chi connectivity index (χ1v) is 7.70. The van der Waals surface area contributed by atoms with Crippen LogP contribution in [-0.4, -0.2) is 17.0 Å². The minimum Gasteiger partial charge on any atom is -0.481 e. The Morgan fingerprint density at radius 2 is 1.78 bits per heavy atom. The van der Waals surface area contributed by atoms with Crippen LogP contribution in [0, 0.1) is 0 Å². The highest BCUT2D eigenvalue weighted by Crippen LogP contribution is 2.20. The van der Waals surface area contributed by atoms with Crippen LogP contribution in [0.15, 0.2) is 48.5 Å². The number of nitrogens with one attached hydrogen (secondary N) is 1. The fourth-order valence-corrected chi connectivity index (χ4v) is 2.48. The van der Waals surface area contributed by atoms with E-state index in [-0.39, 0.29) is 5.91 Å². The average molecular weight is 311 g/mol. The minimum absolute atomic E-state index is 0.106. The molecule has 1 amide bonds. The van der Waals surface area contributed by atoms with E-state index >= 15 is 0 Å². The monoisotopic (exact) mass is 311 g/mol. The topological polar surface area (TPSA) is 66.4 Å². The Bertz CT molecular complexity index is 709. The number of benzene rings is 2. The molecule has 2 aromatic rings. The van der Waals surface area contributed by atoms with Gasteiger partial charge in [0, 0.05) is 5.69 Å². The largest absolute Gasteiger partial charge is 0.481 e. The van der Waals surface area contributed by atoms with Gasteiger partial charge in [-0.1, -0.05) is 43.3 Å². The second-order valence-electron chi connectivity index (χ2n) is 5.53. The van der Waals surface area contributed by atoms with Crippen LogP contribution in [0.5, 0.6) is 0 Å². The van der Waals surface area contributed by atoms with Gasteiger partial charge in [-0.3, -0.25) is 9.59 Å². The van der Waals surface area contributed by atoms with Gasteiger partial charge >= 0.3 is 5.97 Å². The minimum atomic E-state index is -0.884. The summed E-state index contributed by atoms with van der Waals surface area (Å²) in [6.45, 7) is 3.69. The van der Waals surface area contributed by atoms with Crippen LogP contribution in [0.25, 0.3) is 0 Å². The Morgan fingerprint density at radius 3 is 2.43 bits per heavy atom. The molecule has 2 N–H and O–H groups in total. The van der Waals surface area contributed by atoms with E-state index in [1.165, 1.54) is 0 Å². The second-order valence-corrected chi connectivity index (χ2v) is 5.53. The molecule has 0 radical (unpaired) electrons. The zero-order chi connectivity index (χ0) is 16.8. The number of carboxylic acid groups (broad SMARTS) is 1. The van der Waals surface area contributed by atoms with Gasteiger partial charge in [0.2, 0.25) is 5.91 Å². The molecule has 4 nitrogen and oxygen atoms in total. The molecule has 1 atom stereocenters. The molecule has 2 aromatic carbocycles. The number of aryl methyl sites for hydroxylation is 1. The van der Waals surface area contributed by atoms with Gasteiger partial charge in [-0.05, 0) is 42.2 Å². The van der Waals surface area contributed by atoms with Crippen molar-refractivity contribution in [2.24, 2.45) is 0 Å². The first-order valence-electron chi connectivity index (χ1n) is 7.70. The molecule has 1 unspecified atom stereocenters. The van der Waals surface area contributed by atoms with Crippen LogP contribution in [0.3, 0.4) is 0 Å². The van der Waals surface area contributed by atoms with E-state index in [2.05, 4.69) is 12.2 Å². The lowest BCUT2D eigenvalue weighted by atomic mass is 10.0. The first-order chi connectivity index (χ1) is 11.0. The molecule has 120 valence electrons. The van der Waals surface area contributed by atoms with Crippen LogP contribution >= 0.6 is 0 Å². The lowest BCUT2D eigenvalue weighted by molar-refractivity contribution is -0.138. The summed E-state index contributed by atoms with van der Waals surface area (Å²) in [5.41, 5.74) is 3.47. The SMILES string of the molecule is CCc1ccccc1CC(=O)Nc1cccc(C(C)C(=O)O)c1. The van der Waals surface area contributed by atoms with E-state index in [1.54, 1.807) is 31.2 Å². The number of anilines is 1. The van der Waals surface area contributed by atoms with Crippen LogP contribution in [0.4, 0.5) is 5.69 Å². The van der Waals surface area contributed by atoms with Gasteiger partial charge in [0.1, 0.15) is 0 Å². The normalized spacial score (nSPS) is 11.7. The van der Waals surface area contributed by atoms with Crippen molar-refractivity contribution in [1.29, 1.82) is 0 Å². The zero-order valence-electron chi connectivity index (χ0n) is 13.4. The van der Waals surface area contributed by atoms with Gasteiger partial charge in [-0.15, -0.1) is 0 Å². The van der Waals surface area contributed by atoms with Crippen LogP contribution in [-0.2, 0) is 22.4 Å². The van der Waals surface area contributed by atoms with Crippen molar-refractivity contribution >= 4 is 17.6 Å². The number of carbonyl (C=O) groups excluding carboxylic acids is 1. The number of carbonyl (C=O) groups is 2. The number of amides is 1. The number of aliphatic carboxylic acids is 1. The summed E-state index contributed by atoms with van der Waals surface area (Å²) in [4.78, 5) is 23.3. The summed E-state index contributed by atoms with van der Waals surface area (Å²) >= 11 is 0. The molecule has 0 saturated carbocycles. The molecule has 0 aliphatic carbocycles. The van der Waals surface area contributed by atoms with Crippen molar-refractivity contribution < 1.29 is 14.7 Å². The highest BCUT2D eigenvalue weighted by atomic mass is 16.4. The van der Waals surface area contributed by atoms with Crippen LogP contribution in [0.2, 0.25) is 0 Å². The number of carboxylic acids is 1. The third kappa shape index (κ3) is 4.42. The molecule has 2 rings (SSSR count). The Morgan fingerprint density at radius 1 is 1.09 bits per heavy atom. The van der Waals surface area contributed by atoms with E-state index in [1.807, 2.05) is 24.3 Å². The standard InChI is InChI=1S/C19H21NO3/c1-3-14-7-4-5-8-16(14)12-18(21)20-17-10-6-9-15(11-17)13(2)19(22)23/h4-11,13H,3,12H2,1-2H3,(H,20,21)(H,22,23). The van der Waals surface area contributed by atoms with E-state index in [0.29, 0.717) is 17.7 Å². The summed E-state index contributed by atoms with van der Waals surface area (Å²) < 4.78 is 0. The average Bonchev–Trinajstić information content (AvgIpc) is 2.54. The molecular weight excluding hydrogens is 290 g/mol. The van der Waals surface area contributed by atoms with Gasteiger partial charge in [-0.2, -0.15) is 0 Å². The maximum Gasteiger partial charge on any atom is 0.310 e. The molecule has 0 aliphatic rings. The molecule has 0 spiro atoms. The maximum absolute atomic E-state index is 12.2. The molecule has 4 heteroatoms. The molecule has 23 heavy (non-hydrogen) atoms. The van der Waals surface area contributed by atoms with E-state index < -0.39 is 11.9 Å². The van der Waals surface area contributed by atoms with Crippen molar-refractivity contribution in [3.8, 4) is 0 Å². The van der Waals surface area contributed by atoms with Gasteiger partial charge < -0.3 is 10.4 Å². The molecule has 0 heterocycles. The maximum atomic E-state index is 12.2.